The minimum Gasteiger partial charge on any atom is -0.460 e. The van der Waals surface area contributed by atoms with Crippen LogP contribution >= 0.6 is 0 Å². The molecule has 0 saturated carbocycles. The fraction of sp³-hybridized carbons (Fsp3) is 0.857. The second-order valence-electron chi connectivity index (χ2n) is 5.50. The van der Waals surface area contributed by atoms with Crippen LogP contribution in [0.25, 0.3) is 0 Å². The summed E-state index contributed by atoms with van der Waals surface area (Å²) in [5, 5.41) is 2.85. The number of esters is 1. The van der Waals surface area contributed by atoms with Gasteiger partial charge >= 0.3 is 5.97 Å². The van der Waals surface area contributed by atoms with Crippen molar-refractivity contribution in [1.82, 2.24) is 5.32 Å². The lowest BCUT2D eigenvalue weighted by Gasteiger charge is -2.19. The van der Waals surface area contributed by atoms with E-state index in [9.17, 15) is 9.59 Å². The van der Waals surface area contributed by atoms with Crippen molar-refractivity contribution < 1.29 is 14.3 Å². The molecule has 4 nitrogen and oxygen atoms in total. The summed E-state index contributed by atoms with van der Waals surface area (Å²) in [5.41, 5.74) is -0.398. The molecule has 0 aromatic carbocycles. The van der Waals surface area contributed by atoms with E-state index < -0.39 is 5.60 Å². The lowest BCUT2D eigenvalue weighted by Crippen LogP contribution is -2.24. The Morgan fingerprint density at radius 3 is 2.28 bits per heavy atom. The normalized spacial score (nSPS) is 11.1. The van der Waals surface area contributed by atoms with Gasteiger partial charge in [-0.1, -0.05) is 13.3 Å². The molecule has 18 heavy (non-hydrogen) atoms. The summed E-state index contributed by atoms with van der Waals surface area (Å²) in [6.45, 7) is 8.30. The van der Waals surface area contributed by atoms with Crippen molar-refractivity contribution in [3.63, 3.8) is 0 Å². The van der Waals surface area contributed by atoms with E-state index in [1.807, 2.05) is 27.7 Å². The van der Waals surface area contributed by atoms with Crippen LogP contribution in [0.4, 0.5) is 0 Å². The average molecular weight is 257 g/mol. The third kappa shape index (κ3) is 11.4. The predicted molar refractivity (Wildman–Crippen MR) is 72.2 cm³/mol. The summed E-state index contributed by atoms with van der Waals surface area (Å²) in [4.78, 5) is 22.5. The van der Waals surface area contributed by atoms with E-state index in [0.717, 1.165) is 25.7 Å². The molecule has 0 heterocycles. The first-order chi connectivity index (χ1) is 8.35. The molecule has 106 valence electrons. The van der Waals surface area contributed by atoms with Gasteiger partial charge in [-0.25, -0.2) is 0 Å². The molecule has 0 aliphatic carbocycles. The zero-order valence-electron chi connectivity index (χ0n) is 12.2. The zero-order valence-corrected chi connectivity index (χ0v) is 12.2. The Kier molecular flexibility index (Phi) is 8.42. The minimum absolute atomic E-state index is 0.115. The lowest BCUT2D eigenvalue weighted by atomic mass is 10.1. The molecule has 0 spiro atoms. The summed E-state index contributed by atoms with van der Waals surface area (Å²) < 4.78 is 5.21. The Labute approximate surface area is 110 Å². The smallest absolute Gasteiger partial charge is 0.306 e. The highest BCUT2D eigenvalue weighted by atomic mass is 16.6. The van der Waals surface area contributed by atoms with Crippen molar-refractivity contribution in [3.05, 3.63) is 0 Å². The number of carbonyl (C=O) groups excluding carboxylic acids is 2. The van der Waals surface area contributed by atoms with Crippen molar-refractivity contribution in [1.29, 1.82) is 0 Å². The number of hydrogen-bond donors (Lipinski definition) is 1. The van der Waals surface area contributed by atoms with Crippen LogP contribution in [0.1, 0.15) is 66.2 Å². The van der Waals surface area contributed by atoms with Crippen LogP contribution in [0.2, 0.25) is 0 Å². The largest absolute Gasteiger partial charge is 0.460 e. The van der Waals surface area contributed by atoms with E-state index in [-0.39, 0.29) is 11.9 Å². The third-order valence-corrected chi connectivity index (χ3v) is 2.28. The molecule has 4 heteroatoms. The topological polar surface area (TPSA) is 55.4 Å². The molecule has 0 fully saturated rings. The first kappa shape index (κ1) is 16.9. The van der Waals surface area contributed by atoms with Crippen LogP contribution in [-0.2, 0) is 14.3 Å². The highest BCUT2D eigenvalue weighted by Crippen LogP contribution is 2.10. The molecular weight excluding hydrogens is 230 g/mol. The molecule has 0 atom stereocenters. The van der Waals surface area contributed by atoms with Gasteiger partial charge < -0.3 is 10.1 Å². The van der Waals surface area contributed by atoms with Crippen molar-refractivity contribution in [2.24, 2.45) is 0 Å². The summed E-state index contributed by atoms with van der Waals surface area (Å²) in [7, 11) is 0. The molecule has 0 saturated heterocycles. The fourth-order valence-electron chi connectivity index (χ4n) is 1.51. The van der Waals surface area contributed by atoms with Gasteiger partial charge in [-0.2, -0.15) is 0 Å². The van der Waals surface area contributed by atoms with E-state index in [4.69, 9.17) is 4.74 Å². The molecule has 0 bridgehead atoms. The molecule has 0 rings (SSSR count). The number of rotatable bonds is 8. The number of carbonyl (C=O) groups is 2. The van der Waals surface area contributed by atoms with Crippen LogP contribution in [0.15, 0.2) is 0 Å². The first-order valence-electron chi connectivity index (χ1n) is 6.83. The second-order valence-corrected chi connectivity index (χ2v) is 5.50. The van der Waals surface area contributed by atoms with Crippen molar-refractivity contribution in [2.45, 2.75) is 71.8 Å². The van der Waals surface area contributed by atoms with Gasteiger partial charge in [0.15, 0.2) is 0 Å². The minimum atomic E-state index is -0.398. The van der Waals surface area contributed by atoms with Crippen LogP contribution in [0, 0.1) is 0 Å². The lowest BCUT2D eigenvalue weighted by molar-refractivity contribution is -0.154. The molecule has 1 amide bonds. The van der Waals surface area contributed by atoms with Gasteiger partial charge in [0.2, 0.25) is 5.91 Å². The van der Waals surface area contributed by atoms with Gasteiger partial charge in [0.25, 0.3) is 0 Å². The van der Waals surface area contributed by atoms with E-state index in [1.165, 1.54) is 0 Å². The number of nitrogens with one attached hydrogen (secondary N) is 1. The van der Waals surface area contributed by atoms with E-state index in [2.05, 4.69) is 5.32 Å². The molecule has 0 aromatic heterocycles. The zero-order chi connectivity index (χ0) is 14.0. The van der Waals surface area contributed by atoms with Crippen LogP contribution in [0.5, 0.6) is 0 Å². The monoisotopic (exact) mass is 257 g/mol. The molecule has 0 radical (unpaired) electrons. The van der Waals surface area contributed by atoms with Crippen LogP contribution < -0.4 is 5.32 Å². The molecule has 0 aromatic rings. The quantitative estimate of drug-likeness (QED) is 0.537. The number of amides is 1. The predicted octanol–water partition coefficient (Wildman–Crippen LogP) is 2.80. The number of hydrogen-bond acceptors (Lipinski definition) is 3. The summed E-state index contributed by atoms with van der Waals surface area (Å²) in [6.07, 6.45) is 4.60. The van der Waals surface area contributed by atoms with Gasteiger partial charge in [0.1, 0.15) is 5.60 Å². The SMILES string of the molecule is CCCC(=O)NCCCCCC(=O)OC(C)(C)C. The first-order valence-corrected chi connectivity index (χ1v) is 6.83. The van der Waals surface area contributed by atoms with Gasteiger partial charge in [0.05, 0.1) is 0 Å². The highest BCUT2D eigenvalue weighted by Gasteiger charge is 2.15. The molecule has 1 N–H and O–H groups in total. The Morgan fingerprint density at radius 1 is 1.06 bits per heavy atom. The summed E-state index contributed by atoms with van der Waals surface area (Å²) in [5.74, 6) is -0.0258. The Bertz CT molecular complexity index is 256. The standard InChI is InChI=1S/C14H27NO3/c1-5-9-12(16)15-11-8-6-7-10-13(17)18-14(2,3)4/h5-11H2,1-4H3,(H,15,16). The molecule has 0 unspecified atom stereocenters. The summed E-state index contributed by atoms with van der Waals surface area (Å²) >= 11 is 0. The number of ether oxygens (including phenoxy) is 1. The molecule has 0 aliphatic heterocycles. The van der Waals surface area contributed by atoms with Crippen molar-refractivity contribution in [2.75, 3.05) is 6.54 Å². The maximum Gasteiger partial charge on any atom is 0.306 e. The van der Waals surface area contributed by atoms with E-state index >= 15 is 0 Å². The van der Waals surface area contributed by atoms with Crippen molar-refractivity contribution in [3.8, 4) is 0 Å². The average Bonchev–Trinajstić information content (AvgIpc) is 2.21. The van der Waals surface area contributed by atoms with E-state index in [1.54, 1.807) is 0 Å². The fourth-order valence-corrected chi connectivity index (χ4v) is 1.51. The maximum atomic E-state index is 11.4. The number of unbranched alkanes of at least 4 members (excludes halogenated alkanes) is 2. The maximum absolute atomic E-state index is 11.4. The van der Waals surface area contributed by atoms with Crippen LogP contribution in [-0.4, -0.2) is 24.0 Å². The Hall–Kier alpha value is -1.06. The van der Waals surface area contributed by atoms with Gasteiger partial charge in [0, 0.05) is 19.4 Å². The Balaban J connectivity index is 3.41. The Morgan fingerprint density at radius 2 is 1.72 bits per heavy atom. The highest BCUT2D eigenvalue weighted by molar-refractivity contribution is 5.75. The third-order valence-electron chi connectivity index (χ3n) is 2.28. The van der Waals surface area contributed by atoms with Crippen LogP contribution in [0.3, 0.4) is 0 Å². The van der Waals surface area contributed by atoms with Crippen molar-refractivity contribution >= 4 is 11.9 Å². The van der Waals surface area contributed by atoms with Gasteiger partial charge in [-0.05, 0) is 40.0 Å². The second kappa shape index (κ2) is 8.95. The molecule has 0 aliphatic rings. The summed E-state index contributed by atoms with van der Waals surface area (Å²) in [6, 6.07) is 0. The molecular formula is C14H27NO3. The van der Waals surface area contributed by atoms with E-state index in [0.29, 0.717) is 19.4 Å². The van der Waals surface area contributed by atoms with Gasteiger partial charge in [-0.3, -0.25) is 9.59 Å². The van der Waals surface area contributed by atoms with Gasteiger partial charge in [-0.15, -0.1) is 0 Å².